The van der Waals surface area contributed by atoms with Crippen LogP contribution in [0, 0.1) is 19.1 Å². The maximum Gasteiger partial charge on any atom is 0.394 e. The fourth-order valence-electron chi connectivity index (χ4n) is 7.06. The van der Waals surface area contributed by atoms with Crippen LogP contribution in [-0.4, -0.2) is 6.18 Å². The molecule has 0 aliphatic heterocycles. The van der Waals surface area contributed by atoms with Gasteiger partial charge in [0.15, 0.2) is 16.7 Å². The average Bonchev–Trinajstić information content (AvgIpc) is 3.45. The van der Waals surface area contributed by atoms with E-state index in [9.17, 15) is 13.2 Å². The van der Waals surface area contributed by atoms with Gasteiger partial charge >= 0.3 is 6.18 Å². The number of benzene rings is 4. The molecule has 0 spiro atoms. The number of alkyl halides is 3. The SMILES string of the molecule is C=[n+]1ccc2c3cccc4c5c(CC(C)(C)C(F)(F)F)cccc5[n+](c43)[c-]2[c-]1-c1cc(C(C)(C)C)c2ccccc2c1C. The molecule has 43 heavy (non-hydrogen) atoms. The third-order valence-corrected chi connectivity index (χ3v) is 9.38. The quantitative estimate of drug-likeness (QED) is 0.146. The fraction of sp³-hybridized carbons (Fsp3) is 0.263. The number of hydrogen-bond donors (Lipinski definition) is 0. The highest BCUT2D eigenvalue weighted by Gasteiger charge is 2.47. The Morgan fingerprint density at radius 2 is 1.44 bits per heavy atom. The second kappa shape index (κ2) is 8.89. The Kier molecular flexibility index (Phi) is 5.70. The standard InChI is InChI=1S/C38H35F3N2/c1-22-24-13-8-9-14-25(24)30(36(2,3)4)20-29(22)34-35-27(18-19-42(34)7)26-15-11-16-28-32-23(21-37(5,6)38(39,40)41)12-10-17-31(32)43(35)33(26)28/h8-20H,7,21H2,1-6H3. The van der Waals surface area contributed by atoms with E-state index in [2.05, 4.69) is 81.3 Å². The largest absolute Gasteiger partial charge is 0.394 e. The number of halogens is 3. The molecule has 3 heterocycles. The Morgan fingerprint density at radius 1 is 0.791 bits per heavy atom. The van der Waals surface area contributed by atoms with Gasteiger partial charge in [0, 0.05) is 10.8 Å². The zero-order chi connectivity index (χ0) is 30.6. The van der Waals surface area contributed by atoms with Crippen molar-refractivity contribution in [3.8, 4) is 11.3 Å². The topological polar surface area (TPSA) is 10.0 Å². The lowest BCUT2D eigenvalue weighted by Crippen LogP contribution is -2.34. The molecular weight excluding hydrogens is 541 g/mol. The molecule has 0 saturated heterocycles. The molecule has 0 N–H and O–H groups in total. The molecule has 0 aliphatic rings. The van der Waals surface area contributed by atoms with Crippen molar-refractivity contribution in [2.75, 3.05) is 0 Å². The summed E-state index contributed by atoms with van der Waals surface area (Å²) in [4.78, 5) is 0. The highest BCUT2D eigenvalue weighted by atomic mass is 19.4. The summed E-state index contributed by atoms with van der Waals surface area (Å²) >= 11 is 0. The third-order valence-electron chi connectivity index (χ3n) is 9.38. The number of aromatic nitrogens is 2. The first kappa shape index (κ1) is 27.6. The number of hydrogen-bond acceptors (Lipinski definition) is 0. The number of fused-ring (bicyclic) bond motifs is 7. The van der Waals surface area contributed by atoms with Crippen LogP contribution in [0.2, 0.25) is 0 Å². The molecule has 0 radical (unpaired) electrons. The van der Waals surface area contributed by atoms with Gasteiger partial charge in [0.2, 0.25) is 0 Å². The van der Waals surface area contributed by atoms with Crippen molar-refractivity contribution in [3.05, 3.63) is 102 Å². The van der Waals surface area contributed by atoms with Crippen molar-refractivity contribution in [2.24, 2.45) is 5.41 Å². The second-order valence-corrected chi connectivity index (χ2v) is 13.7. The molecule has 0 fully saturated rings. The number of para-hydroxylation sites is 1. The average molecular weight is 577 g/mol. The molecule has 2 nitrogen and oxygen atoms in total. The van der Waals surface area contributed by atoms with Gasteiger partial charge in [-0.3, -0.25) is 4.24 Å². The van der Waals surface area contributed by atoms with E-state index >= 15 is 0 Å². The Labute approximate surface area is 249 Å². The molecule has 0 atom stereocenters. The highest BCUT2D eigenvalue weighted by Crippen LogP contribution is 2.44. The lowest BCUT2D eigenvalue weighted by atomic mass is 9.80. The van der Waals surface area contributed by atoms with Crippen LogP contribution in [0.4, 0.5) is 13.2 Å². The van der Waals surface area contributed by atoms with Crippen LogP contribution < -0.4 is 8.64 Å². The molecule has 3 aromatic heterocycles. The molecule has 5 heteroatoms. The molecule has 0 unspecified atom stereocenters. The fourth-order valence-corrected chi connectivity index (χ4v) is 7.06. The number of aryl methyl sites for hydroxylation is 1. The van der Waals surface area contributed by atoms with Crippen LogP contribution >= 0.6 is 0 Å². The third kappa shape index (κ3) is 3.86. The van der Waals surface area contributed by atoms with E-state index in [1.807, 2.05) is 40.8 Å². The summed E-state index contributed by atoms with van der Waals surface area (Å²) in [5.74, 6) is 0. The van der Waals surface area contributed by atoms with Crippen LogP contribution in [0.1, 0.15) is 51.3 Å². The van der Waals surface area contributed by atoms with Gasteiger partial charge in [0.05, 0.1) is 18.3 Å². The van der Waals surface area contributed by atoms with E-state index in [1.165, 1.54) is 35.7 Å². The first-order valence-corrected chi connectivity index (χ1v) is 14.8. The Morgan fingerprint density at radius 3 is 2.14 bits per heavy atom. The van der Waals surface area contributed by atoms with Gasteiger partial charge in [0.25, 0.3) is 0 Å². The first-order chi connectivity index (χ1) is 20.2. The molecule has 7 aromatic rings. The summed E-state index contributed by atoms with van der Waals surface area (Å²) < 4.78 is 46.4. The van der Waals surface area contributed by atoms with Crippen molar-refractivity contribution in [1.29, 1.82) is 0 Å². The Bertz CT molecular complexity index is 2290. The Balaban J connectivity index is 1.65. The summed E-state index contributed by atoms with van der Waals surface area (Å²) in [5.41, 5.74) is 6.25. The summed E-state index contributed by atoms with van der Waals surface area (Å²) in [6.45, 7) is 15.9. The van der Waals surface area contributed by atoms with Gasteiger partial charge in [-0.25, -0.2) is 4.40 Å². The van der Waals surface area contributed by atoms with E-state index < -0.39 is 11.6 Å². The zero-order valence-electron chi connectivity index (χ0n) is 25.4. The van der Waals surface area contributed by atoms with Gasteiger partial charge in [-0.1, -0.05) is 119 Å². The highest BCUT2D eigenvalue weighted by molar-refractivity contribution is 6.19. The van der Waals surface area contributed by atoms with Crippen LogP contribution in [-0.2, 0) is 11.8 Å². The van der Waals surface area contributed by atoms with E-state index in [4.69, 9.17) is 0 Å². The smallest absolute Gasteiger partial charge is 0.266 e. The lowest BCUT2D eigenvalue weighted by Gasteiger charge is -2.28. The summed E-state index contributed by atoms with van der Waals surface area (Å²) in [6, 6.07) is 25.0. The molecule has 7 rings (SSSR count). The predicted octanol–water partition coefficient (Wildman–Crippen LogP) is 9.53. The van der Waals surface area contributed by atoms with Crippen LogP contribution in [0.3, 0.4) is 0 Å². The van der Waals surface area contributed by atoms with Crippen LogP contribution in [0.15, 0.2) is 79.0 Å². The van der Waals surface area contributed by atoms with E-state index in [1.54, 1.807) is 0 Å². The first-order valence-electron chi connectivity index (χ1n) is 14.8. The summed E-state index contributed by atoms with van der Waals surface area (Å²) in [7, 11) is 0. The molecule has 0 aliphatic carbocycles. The van der Waals surface area contributed by atoms with Crippen molar-refractivity contribution >= 4 is 48.9 Å². The molecule has 0 bridgehead atoms. The second-order valence-electron chi connectivity index (χ2n) is 13.7. The minimum atomic E-state index is -4.31. The lowest BCUT2D eigenvalue weighted by molar-refractivity contribution is -0.497. The molecule has 0 amide bonds. The molecular formula is C38H35F3N2. The van der Waals surface area contributed by atoms with Gasteiger partial charge in [-0.15, -0.1) is 11.6 Å². The summed E-state index contributed by atoms with van der Waals surface area (Å²) in [5, 5.41) is 6.50. The van der Waals surface area contributed by atoms with Gasteiger partial charge < -0.3 is 0 Å². The summed E-state index contributed by atoms with van der Waals surface area (Å²) in [6.07, 6.45) is -2.39. The van der Waals surface area contributed by atoms with E-state index in [0.717, 1.165) is 49.4 Å². The monoisotopic (exact) mass is 576 g/mol. The van der Waals surface area contributed by atoms with Gasteiger partial charge in [-0.2, -0.15) is 13.2 Å². The molecule has 218 valence electrons. The number of rotatable bonds is 3. The van der Waals surface area contributed by atoms with Crippen LogP contribution in [0.5, 0.6) is 0 Å². The maximum atomic E-state index is 14.0. The minimum absolute atomic E-state index is 0.0947. The zero-order valence-corrected chi connectivity index (χ0v) is 25.4. The van der Waals surface area contributed by atoms with E-state index in [0.29, 0.717) is 5.56 Å². The van der Waals surface area contributed by atoms with Crippen molar-refractivity contribution in [2.45, 2.75) is 59.6 Å². The number of nitrogens with zero attached hydrogens (tertiary/aromatic N) is 2. The van der Waals surface area contributed by atoms with Gasteiger partial charge in [0.1, 0.15) is 5.52 Å². The minimum Gasteiger partial charge on any atom is -0.266 e. The van der Waals surface area contributed by atoms with Crippen molar-refractivity contribution in [3.63, 3.8) is 0 Å². The molecule has 4 aromatic carbocycles. The normalized spacial score (nSPS) is 13.4. The predicted molar refractivity (Wildman–Crippen MR) is 170 cm³/mol. The van der Waals surface area contributed by atoms with Gasteiger partial charge in [-0.05, 0) is 39.6 Å². The molecule has 0 saturated carbocycles. The van der Waals surface area contributed by atoms with E-state index in [-0.39, 0.29) is 11.8 Å². The Hall–Kier alpha value is -4.25. The van der Waals surface area contributed by atoms with Crippen molar-refractivity contribution in [1.82, 2.24) is 0 Å². The van der Waals surface area contributed by atoms with Crippen LogP contribution in [0.25, 0.3) is 60.1 Å². The van der Waals surface area contributed by atoms with Crippen molar-refractivity contribution < 1.29 is 21.8 Å². The maximum absolute atomic E-state index is 14.0. The number of pyridine rings is 1.